The van der Waals surface area contributed by atoms with E-state index >= 15 is 0 Å². The van der Waals surface area contributed by atoms with E-state index in [4.69, 9.17) is 11.6 Å². The quantitative estimate of drug-likeness (QED) is 0.739. The van der Waals surface area contributed by atoms with E-state index in [-0.39, 0.29) is 5.95 Å². The number of amides is 2. The number of aromatic nitrogens is 4. The van der Waals surface area contributed by atoms with Crippen molar-refractivity contribution in [1.29, 1.82) is 0 Å². The third kappa shape index (κ3) is 2.45. The van der Waals surface area contributed by atoms with E-state index in [0.29, 0.717) is 10.7 Å². The van der Waals surface area contributed by atoms with Crippen LogP contribution in [0.1, 0.15) is 0 Å². The average Bonchev–Trinajstić information content (AvgIpc) is 2.74. The zero-order valence-corrected chi connectivity index (χ0v) is 8.69. The van der Waals surface area contributed by atoms with Crippen LogP contribution in [0.2, 0.25) is 5.02 Å². The van der Waals surface area contributed by atoms with Crippen LogP contribution in [0.5, 0.6) is 0 Å². The molecule has 0 saturated carbocycles. The van der Waals surface area contributed by atoms with Crippen LogP contribution in [0.4, 0.5) is 16.4 Å². The second-order valence-electron chi connectivity index (χ2n) is 2.79. The number of hydrogen-bond donors (Lipinski definition) is 3. The molecule has 0 aliphatic heterocycles. The number of nitrogens with zero attached hydrogens (tertiary/aromatic N) is 3. The lowest BCUT2D eigenvalue weighted by atomic mass is 10.3. The van der Waals surface area contributed by atoms with Crippen LogP contribution in [0.3, 0.4) is 0 Å². The number of carbonyl (C=O) groups is 1. The molecule has 8 heteroatoms. The van der Waals surface area contributed by atoms with Crippen LogP contribution in [-0.4, -0.2) is 26.7 Å². The van der Waals surface area contributed by atoms with Gasteiger partial charge in [0.05, 0.1) is 10.7 Å². The minimum absolute atomic E-state index is 0.0875. The van der Waals surface area contributed by atoms with Gasteiger partial charge < -0.3 is 5.32 Å². The Kier molecular flexibility index (Phi) is 2.97. The number of para-hydroxylation sites is 1. The molecule has 2 rings (SSSR count). The smallest absolute Gasteiger partial charge is 0.306 e. The summed E-state index contributed by atoms with van der Waals surface area (Å²) < 4.78 is 0. The average molecular weight is 239 g/mol. The van der Waals surface area contributed by atoms with Crippen LogP contribution in [0, 0.1) is 0 Å². The predicted octanol–water partition coefficient (Wildman–Crippen LogP) is 1.50. The normalized spacial score (nSPS) is 9.81. The van der Waals surface area contributed by atoms with E-state index in [9.17, 15) is 4.79 Å². The van der Waals surface area contributed by atoms with E-state index in [0.717, 1.165) is 0 Å². The first-order valence-corrected chi connectivity index (χ1v) is 4.69. The number of aromatic amines is 1. The number of halogens is 1. The third-order valence-electron chi connectivity index (χ3n) is 1.69. The number of hydrogen-bond acceptors (Lipinski definition) is 4. The Bertz CT molecular complexity index is 485. The number of rotatable bonds is 2. The highest BCUT2D eigenvalue weighted by Gasteiger charge is 2.07. The second kappa shape index (κ2) is 4.58. The van der Waals surface area contributed by atoms with Crippen LogP contribution in [0.25, 0.3) is 0 Å². The number of H-pyrrole nitrogens is 1. The Balaban J connectivity index is 2.00. The van der Waals surface area contributed by atoms with Crippen LogP contribution in [0.15, 0.2) is 24.3 Å². The molecule has 0 atom stereocenters. The number of urea groups is 1. The summed E-state index contributed by atoms with van der Waals surface area (Å²) >= 11 is 5.86. The molecule has 1 aromatic heterocycles. The maximum absolute atomic E-state index is 11.4. The molecule has 0 fully saturated rings. The van der Waals surface area contributed by atoms with Gasteiger partial charge in [-0.15, -0.1) is 5.10 Å². The first kappa shape index (κ1) is 10.4. The second-order valence-corrected chi connectivity index (χ2v) is 3.20. The lowest BCUT2D eigenvalue weighted by Crippen LogP contribution is -2.20. The minimum Gasteiger partial charge on any atom is -0.306 e. The van der Waals surface area contributed by atoms with Crippen molar-refractivity contribution in [3.05, 3.63) is 29.3 Å². The lowest BCUT2D eigenvalue weighted by Gasteiger charge is -2.05. The molecule has 1 heterocycles. The summed E-state index contributed by atoms with van der Waals surface area (Å²) in [4.78, 5) is 11.4. The van der Waals surface area contributed by atoms with Gasteiger partial charge in [0.15, 0.2) is 0 Å². The molecule has 1 aromatic carbocycles. The first-order valence-electron chi connectivity index (χ1n) is 4.31. The Morgan fingerprint density at radius 1 is 1.31 bits per heavy atom. The Morgan fingerprint density at radius 3 is 2.81 bits per heavy atom. The molecule has 2 aromatic rings. The maximum atomic E-state index is 11.4. The standard InChI is InChI=1S/C8H7ClN6O/c9-5-3-1-2-4-6(5)10-8(16)11-7-12-14-15-13-7/h1-4H,(H3,10,11,12,13,14,15,16). The van der Waals surface area contributed by atoms with E-state index in [1.807, 2.05) is 0 Å². The molecule has 0 radical (unpaired) electrons. The number of nitrogens with one attached hydrogen (secondary N) is 3. The molecule has 7 nitrogen and oxygen atoms in total. The fraction of sp³-hybridized carbons (Fsp3) is 0. The molecule has 0 saturated heterocycles. The SMILES string of the molecule is O=C(Nc1nn[nH]n1)Nc1ccccc1Cl. The largest absolute Gasteiger partial charge is 0.326 e. The highest BCUT2D eigenvalue weighted by atomic mass is 35.5. The van der Waals surface area contributed by atoms with Crippen molar-refractivity contribution in [3.63, 3.8) is 0 Å². The molecular formula is C8H7ClN6O. The summed E-state index contributed by atoms with van der Waals surface area (Å²) in [6, 6.07) is 6.39. The molecule has 3 N–H and O–H groups in total. The van der Waals surface area contributed by atoms with E-state index in [1.54, 1.807) is 24.3 Å². The number of anilines is 2. The fourth-order valence-electron chi connectivity index (χ4n) is 1.03. The molecule has 0 unspecified atom stereocenters. The van der Waals surface area contributed by atoms with Crippen molar-refractivity contribution in [2.24, 2.45) is 0 Å². The Hall–Kier alpha value is -2.15. The predicted molar refractivity (Wildman–Crippen MR) is 58.3 cm³/mol. The summed E-state index contributed by atoms with van der Waals surface area (Å²) in [6.45, 7) is 0. The molecular weight excluding hydrogens is 232 g/mol. The Labute approximate surface area is 95.2 Å². The summed E-state index contributed by atoms with van der Waals surface area (Å²) in [5, 5.41) is 18.0. The lowest BCUT2D eigenvalue weighted by molar-refractivity contribution is 0.262. The van der Waals surface area contributed by atoms with Gasteiger partial charge >= 0.3 is 6.03 Å². The third-order valence-corrected chi connectivity index (χ3v) is 2.02. The van der Waals surface area contributed by atoms with Gasteiger partial charge in [0.1, 0.15) is 0 Å². The van der Waals surface area contributed by atoms with Crippen molar-refractivity contribution in [1.82, 2.24) is 20.6 Å². The summed E-state index contributed by atoms with van der Waals surface area (Å²) in [6.07, 6.45) is 0. The molecule has 0 aliphatic carbocycles. The number of benzene rings is 1. The van der Waals surface area contributed by atoms with E-state index < -0.39 is 6.03 Å². The monoisotopic (exact) mass is 238 g/mol. The topological polar surface area (TPSA) is 95.6 Å². The van der Waals surface area contributed by atoms with E-state index in [1.165, 1.54) is 0 Å². The van der Waals surface area contributed by atoms with Crippen LogP contribution in [-0.2, 0) is 0 Å². The molecule has 2 amide bonds. The van der Waals surface area contributed by atoms with Crippen molar-refractivity contribution >= 4 is 29.3 Å². The highest BCUT2D eigenvalue weighted by molar-refractivity contribution is 6.33. The molecule has 0 bridgehead atoms. The number of tetrazole rings is 1. The van der Waals surface area contributed by atoms with Crippen molar-refractivity contribution in [3.8, 4) is 0 Å². The molecule has 82 valence electrons. The summed E-state index contributed by atoms with van der Waals surface area (Å²) in [5.41, 5.74) is 0.505. The van der Waals surface area contributed by atoms with Gasteiger partial charge in [0.25, 0.3) is 5.95 Å². The fourth-order valence-corrected chi connectivity index (χ4v) is 1.22. The Morgan fingerprint density at radius 2 is 2.12 bits per heavy atom. The zero-order chi connectivity index (χ0) is 11.4. The van der Waals surface area contributed by atoms with Gasteiger partial charge in [0, 0.05) is 0 Å². The van der Waals surface area contributed by atoms with Gasteiger partial charge in [-0.05, 0) is 17.3 Å². The van der Waals surface area contributed by atoms with Crippen LogP contribution < -0.4 is 10.6 Å². The minimum atomic E-state index is -0.491. The van der Waals surface area contributed by atoms with Crippen molar-refractivity contribution < 1.29 is 4.79 Å². The van der Waals surface area contributed by atoms with Gasteiger partial charge in [-0.2, -0.15) is 5.21 Å². The van der Waals surface area contributed by atoms with Crippen molar-refractivity contribution in [2.45, 2.75) is 0 Å². The molecule has 0 aliphatic rings. The number of carbonyl (C=O) groups excluding carboxylic acids is 1. The van der Waals surface area contributed by atoms with Gasteiger partial charge in [-0.25, -0.2) is 4.79 Å². The van der Waals surface area contributed by atoms with Gasteiger partial charge in [-0.3, -0.25) is 5.32 Å². The van der Waals surface area contributed by atoms with E-state index in [2.05, 4.69) is 31.3 Å². The molecule has 0 spiro atoms. The zero-order valence-electron chi connectivity index (χ0n) is 7.94. The van der Waals surface area contributed by atoms with Gasteiger partial charge in [0.2, 0.25) is 0 Å². The molecule has 16 heavy (non-hydrogen) atoms. The summed E-state index contributed by atoms with van der Waals surface area (Å²) in [5.74, 6) is 0.0875. The van der Waals surface area contributed by atoms with Gasteiger partial charge in [-0.1, -0.05) is 28.8 Å². The maximum Gasteiger partial charge on any atom is 0.326 e. The summed E-state index contributed by atoms with van der Waals surface area (Å²) in [7, 11) is 0. The highest BCUT2D eigenvalue weighted by Crippen LogP contribution is 2.20. The van der Waals surface area contributed by atoms with Crippen molar-refractivity contribution in [2.75, 3.05) is 10.6 Å². The first-order chi connectivity index (χ1) is 7.75. The van der Waals surface area contributed by atoms with Crippen LogP contribution >= 0.6 is 11.6 Å².